The van der Waals surface area contributed by atoms with Crippen LogP contribution < -0.4 is 4.74 Å². The maximum Gasteiger partial charge on any atom is 0.338 e. The minimum absolute atomic E-state index is 0.397. The molecule has 0 atom stereocenters. The van der Waals surface area contributed by atoms with Crippen molar-refractivity contribution in [3.05, 3.63) is 36.5 Å². The van der Waals surface area contributed by atoms with Gasteiger partial charge in [0.1, 0.15) is 0 Å². The molecule has 0 fully saturated rings. The zero-order valence-electron chi connectivity index (χ0n) is 8.60. The van der Waals surface area contributed by atoms with Crippen molar-refractivity contribution in [1.29, 1.82) is 0 Å². The predicted octanol–water partition coefficient (Wildman–Crippen LogP) is 1.82. The zero-order chi connectivity index (χ0) is 11.1. The Balaban J connectivity index is 2.65. The van der Waals surface area contributed by atoms with Gasteiger partial charge in [-0.25, -0.2) is 9.78 Å². The summed E-state index contributed by atoms with van der Waals surface area (Å²) >= 11 is 0. The monoisotopic (exact) mass is 207 g/mol. The Morgan fingerprint density at radius 2 is 2.47 bits per heavy atom. The molecular formula is C11H13NO3. The fraction of sp³-hybridized carbons (Fsp3) is 0.273. The van der Waals surface area contributed by atoms with E-state index >= 15 is 0 Å². The highest BCUT2D eigenvalue weighted by molar-refractivity contribution is 5.89. The predicted molar refractivity (Wildman–Crippen MR) is 55.9 cm³/mol. The van der Waals surface area contributed by atoms with E-state index in [1.165, 1.54) is 13.3 Å². The molecule has 0 aliphatic carbocycles. The number of ether oxygens (including phenoxy) is 2. The van der Waals surface area contributed by atoms with Gasteiger partial charge in [-0.3, -0.25) is 0 Å². The number of hydrogen-bond acceptors (Lipinski definition) is 4. The highest BCUT2D eigenvalue weighted by Crippen LogP contribution is 2.10. The molecule has 0 saturated carbocycles. The summed E-state index contributed by atoms with van der Waals surface area (Å²) in [6.07, 6.45) is 4.00. The smallest absolute Gasteiger partial charge is 0.338 e. The fourth-order valence-corrected chi connectivity index (χ4v) is 0.980. The lowest BCUT2D eigenvalue weighted by Gasteiger charge is -2.04. The van der Waals surface area contributed by atoms with Gasteiger partial charge >= 0.3 is 5.97 Å². The van der Waals surface area contributed by atoms with Crippen molar-refractivity contribution >= 4 is 5.97 Å². The first-order chi connectivity index (χ1) is 7.27. The van der Waals surface area contributed by atoms with E-state index in [-0.39, 0.29) is 0 Å². The van der Waals surface area contributed by atoms with Crippen molar-refractivity contribution in [2.24, 2.45) is 0 Å². The van der Waals surface area contributed by atoms with Crippen molar-refractivity contribution in [2.75, 3.05) is 13.7 Å². The minimum atomic E-state index is -0.397. The number of esters is 1. The number of carbonyl (C=O) groups excluding carboxylic acids is 1. The van der Waals surface area contributed by atoms with Crippen LogP contribution in [0.2, 0.25) is 0 Å². The third-order valence-corrected chi connectivity index (χ3v) is 1.73. The van der Waals surface area contributed by atoms with Crippen LogP contribution in [-0.4, -0.2) is 24.7 Å². The number of methoxy groups -OCH3 is 1. The van der Waals surface area contributed by atoms with E-state index in [1.54, 1.807) is 18.2 Å². The summed E-state index contributed by atoms with van der Waals surface area (Å²) < 4.78 is 9.87. The Bertz CT molecular complexity index is 349. The van der Waals surface area contributed by atoms with Crippen molar-refractivity contribution in [1.82, 2.24) is 4.98 Å². The van der Waals surface area contributed by atoms with E-state index in [1.807, 2.05) is 0 Å². The molecule has 0 unspecified atom stereocenters. The average molecular weight is 207 g/mol. The molecule has 0 radical (unpaired) electrons. The van der Waals surface area contributed by atoms with Crippen molar-refractivity contribution in [2.45, 2.75) is 6.42 Å². The van der Waals surface area contributed by atoms with Crippen LogP contribution >= 0.6 is 0 Å². The molecule has 0 amide bonds. The zero-order valence-corrected chi connectivity index (χ0v) is 8.60. The van der Waals surface area contributed by atoms with Crippen molar-refractivity contribution < 1.29 is 14.3 Å². The highest BCUT2D eigenvalue weighted by atomic mass is 16.5. The van der Waals surface area contributed by atoms with Gasteiger partial charge in [0.05, 0.1) is 19.3 Å². The van der Waals surface area contributed by atoms with Crippen LogP contribution in [-0.2, 0) is 4.74 Å². The van der Waals surface area contributed by atoms with Gasteiger partial charge in [-0.15, -0.1) is 6.58 Å². The molecule has 0 aliphatic heterocycles. The first-order valence-corrected chi connectivity index (χ1v) is 4.56. The van der Waals surface area contributed by atoms with E-state index in [9.17, 15) is 4.79 Å². The van der Waals surface area contributed by atoms with Gasteiger partial charge in [0.15, 0.2) is 0 Å². The van der Waals surface area contributed by atoms with E-state index in [2.05, 4.69) is 16.3 Å². The van der Waals surface area contributed by atoms with Crippen molar-refractivity contribution in [3.8, 4) is 5.88 Å². The summed E-state index contributed by atoms with van der Waals surface area (Å²) in [4.78, 5) is 15.1. The molecule has 1 aromatic heterocycles. The molecule has 0 aliphatic rings. The number of aromatic nitrogens is 1. The molecule has 1 heterocycles. The summed E-state index contributed by atoms with van der Waals surface area (Å²) in [7, 11) is 1.33. The third-order valence-electron chi connectivity index (χ3n) is 1.73. The molecule has 1 aromatic rings. The lowest BCUT2D eigenvalue weighted by atomic mass is 10.3. The quantitative estimate of drug-likeness (QED) is 0.420. The van der Waals surface area contributed by atoms with Gasteiger partial charge in [0.25, 0.3) is 0 Å². The topological polar surface area (TPSA) is 48.4 Å². The van der Waals surface area contributed by atoms with E-state index < -0.39 is 5.97 Å². The molecule has 80 valence electrons. The second-order valence-corrected chi connectivity index (χ2v) is 2.80. The van der Waals surface area contributed by atoms with E-state index in [0.29, 0.717) is 18.1 Å². The highest BCUT2D eigenvalue weighted by Gasteiger charge is 2.06. The third kappa shape index (κ3) is 3.42. The standard InChI is InChI=1S/C11H13NO3/c1-3-4-7-15-10-8-9(5-6-12-10)11(13)14-2/h3,5-6,8H,1,4,7H2,2H3. The normalized spacial score (nSPS) is 9.40. The van der Waals surface area contributed by atoms with Gasteiger partial charge < -0.3 is 9.47 Å². The van der Waals surface area contributed by atoms with Crippen LogP contribution in [0.25, 0.3) is 0 Å². The van der Waals surface area contributed by atoms with E-state index in [4.69, 9.17) is 4.74 Å². The Morgan fingerprint density at radius 3 is 3.13 bits per heavy atom. The van der Waals surface area contributed by atoms with E-state index in [0.717, 1.165) is 6.42 Å². The molecule has 4 heteroatoms. The first kappa shape index (κ1) is 11.2. The Kier molecular flexibility index (Phi) is 4.34. The summed E-state index contributed by atoms with van der Waals surface area (Å²) in [6, 6.07) is 3.13. The summed E-state index contributed by atoms with van der Waals surface area (Å²) in [6.45, 7) is 4.08. The van der Waals surface area contributed by atoms with Crippen LogP contribution in [0.1, 0.15) is 16.8 Å². The Hall–Kier alpha value is -1.84. The molecule has 1 rings (SSSR count). The lowest BCUT2D eigenvalue weighted by molar-refractivity contribution is 0.0600. The molecule has 0 spiro atoms. The molecule has 0 N–H and O–H groups in total. The van der Waals surface area contributed by atoms with Crippen LogP contribution in [0, 0.1) is 0 Å². The maximum atomic E-state index is 11.2. The van der Waals surface area contributed by atoms with Gasteiger partial charge in [0, 0.05) is 12.3 Å². The molecular weight excluding hydrogens is 194 g/mol. The van der Waals surface area contributed by atoms with Crippen molar-refractivity contribution in [3.63, 3.8) is 0 Å². The van der Waals surface area contributed by atoms with Crippen LogP contribution in [0.4, 0.5) is 0 Å². The van der Waals surface area contributed by atoms with Gasteiger partial charge in [-0.1, -0.05) is 6.08 Å². The van der Waals surface area contributed by atoms with Crippen LogP contribution in [0.3, 0.4) is 0 Å². The lowest BCUT2D eigenvalue weighted by Crippen LogP contribution is -2.03. The van der Waals surface area contributed by atoms with Gasteiger partial charge in [-0.2, -0.15) is 0 Å². The molecule has 0 aromatic carbocycles. The number of rotatable bonds is 5. The summed E-state index contributed by atoms with van der Waals surface area (Å²) in [5.74, 6) is 0.0192. The van der Waals surface area contributed by atoms with Crippen LogP contribution in [0.15, 0.2) is 31.0 Å². The average Bonchev–Trinajstić information content (AvgIpc) is 2.29. The Labute approximate surface area is 88.5 Å². The molecule has 0 bridgehead atoms. The fourth-order valence-electron chi connectivity index (χ4n) is 0.980. The second-order valence-electron chi connectivity index (χ2n) is 2.80. The largest absolute Gasteiger partial charge is 0.477 e. The summed E-state index contributed by atoms with van der Waals surface area (Å²) in [5, 5.41) is 0. The maximum absolute atomic E-state index is 11.2. The Morgan fingerprint density at radius 1 is 1.67 bits per heavy atom. The number of nitrogens with zero attached hydrogens (tertiary/aromatic N) is 1. The molecule has 0 saturated heterocycles. The van der Waals surface area contributed by atoms with Gasteiger partial charge in [0.2, 0.25) is 5.88 Å². The molecule has 4 nitrogen and oxygen atoms in total. The van der Waals surface area contributed by atoms with Crippen LogP contribution in [0.5, 0.6) is 5.88 Å². The first-order valence-electron chi connectivity index (χ1n) is 4.56. The number of pyridine rings is 1. The molecule has 15 heavy (non-hydrogen) atoms. The second kappa shape index (κ2) is 5.80. The summed E-state index contributed by atoms with van der Waals surface area (Å²) in [5.41, 5.74) is 0.432. The SMILES string of the molecule is C=CCCOc1cc(C(=O)OC)ccn1. The number of carbonyl (C=O) groups is 1. The minimum Gasteiger partial charge on any atom is -0.477 e. The number of hydrogen-bond donors (Lipinski definition) is 0. The van der Waals surface area contributed by atoms with Gasteiger partial charge in [-0.05, 0) is 12.5 Å².